The van der Waals surface area contributed by atoms with E-state index in [1.165, 1.54) is 32.5 Å². The number of aromatic hydroxyl groups is 1. The molecule has 2 heterocycles. The van der Waals surface area contributed by atoms with Gasteiger partial charge in [-0.25, -0.2) is 4.99 Å². The Morgan fingerprint density at radius 2 is 1.52 bits per heavy atom. The number of benzene rings is 3. The van der Waals surface area contributed by atoms with Crippen molar-refractivity contribution < 1.29 is 5.11 Å². The Balaban J connectivity index is 1.42. The van der Waals surface area contributed by atoms with Crippen LogP contribution in [0.4, 0.5) is 16.5 Å². The third-order valence-corrected chi connectivity index (χ3v) is 6.48. The summed E-state index contributed by atoms with van der Waals surface area (Å²) in [6, 6.07) is 23.9. The zero-order valence-electron chi connectivity index (χ0n) is 15.3. The van der Waals surface area contributed by atoms with E-state index in [1.54, 1.807) is 36.2 Å². The van der Waals surface area contributed by atoms with Gasteiger partial charge >= 0.3 is 0 Å². The van der Waals surface area contributed by atoms with Gasteiger partial charge in [0.15, 0.2) is 0 Å². The fourth-order valence-electron chi connectivity index (χ4n) is 3.17. The third kappa shape index (κ3) is 3.62. The Kier molecular flexibility index (Phi) is 4.75. The van der Waals surface area contributed by atoms with Gasteiger partial charge in [0.1, 0.15) is 10.8 Å². The fourth-order valence-corrected chi connectivity index (χ4v) is 4.94. The van der Waals surface area contributed by atoms with E-state index in [1.807, 2.05) is 6.07 Å². The van der Waals surface area contributed by atoms with E-state index in [9.17, 15) is 5.11 Å². The molecule has 5 nitrogen and oxygen atoms in total. The highest BCUT2D eigenvalue weighted by atomic mass is 32.2. The molecule has 1 aliphatic heterocycles. The van der Waals surface area contributed by atoms with Gasteiger partial charge in [-0.2, -0.15) is 0 Å². The van der Waals surface area contributed by atoms with Crippen LogP contribution < -0.4 is 4.90 Å². The summed E-state index contributed by atoms with van der Waals surface area (Å²) in [6.07, 6.45) is 1.61. The van der Waals surface area contributed by atoms with Gasteiger partial charge in [0, 0.05) is 21.6 Å². The summed E-state index contributed by atoms with van der Waals surface area (Å²) in [5, 5.41) is 19.8. The number of hydrogen-bond donors (Lipinski definition) is 1. The Bertz CT molecular complexity index is 1160. The highest BCUT2D eigenvalue weighted by Gasteiger charge is 2.23. The second-order valence-electron chi connectivity index (χ2n) is 6.42. The number of aromatic nitrogens is 2. The molecule has 0 aliphatic carbocycles. The molecule has 1 aliphatic rings. The molecule has 0 atom stereocenters. The number of phenols is 1. The smallest absolute Gasteiger partial charge is 0.231 e. The van der Waals surface area contributed by atoms with Crippen LogP contribution in [-0.2, 0) is 6.54 Å². The number of para-hydroxylation sites is 3. The quantitative estimate of drug-likeness (QED) is 0.426. The number of anilines is 2. The van der Waals surface area contributed by atoms with Gasteiger partial charge in [-0.3, -0.25) is 0 Å². The molecule has 29 heavy (non-hydrogen) atoms. The molecule has 7 heteroatoms. The first-order valence-electron chi connectivity index (χ1n) is 9.06. The maximum absolute atomic E-state index is 9.86. The Morgan fingerprint density at radius 3 is 2.24 bits per heavy atom. The monoisotopic (exact) mass is 416 g/mol. The molecule has 0 radical (unpaired) electrons. The highest BCUT2D eigenvalue weighted by molar-refractivity contribution is 7.99. The number of aliphatic imine (C=N–C) groups is 1. The SMILES string of the molecule is Oc1ccccc1/C=N/c1nnc(CN2c3ccccc3Sc3ccccc32)s1. The normalized spacial score (nSPS) is 12.8. The second kappa shape index (κ2) is 7.69. The van der Waals surface area contributed by atoms with Crippen LogP contribution in [0, 0.1) is 0 Å². The van der Waals surface area contributed by atoms with Crippen molar-refractivity contribution in [3.63, 3.8) is 0 Å². The van der Waals surface area contributed by atoms with Gasteiger partial charge in [-0.15, -0.1) is 10.2 Å². The van der Waals surface area contributed by atoms with Crippen molar-refractivity contribution in [3.05, 3.63) is 83.4 Å². The highest BCUT2D eigenvalue weighted by Crippen LogP contribution is 2.48. The van der Waals surface area contributed by atoms with Crippen molar-refractivity contribution in [1.82, 2.24) is 10.2 Å². The summed E-state index contributed by atoms with van der Waals surface area (Å²) in [7, 11) is 0. The first-order valence-corrected chi connectivity index (χ1v) is 10.7. The molecule has 0 amide bonds. The molecular weight excluding hydrogens is 400 g/mol. The predicted octanol–water partition coefficient (Wildman–Crippen LogP) is 5.80. The van der Waals surface area contributed by atoms with Crippen LogP contribution >= 0.6 is 23.1 Å². The minimum atomic E-state index is 0.194. The van der Waals surface area contributed by atoms with Crippen molar-refractivity contribution in [3.8, 4) is 5.75 Å². The van der Waals surface area contributed by atoms with Gasteiger partial charge < -0.3 is 10.0 Å². The fraction of sp³-hybridized carbons (Fsp3) is 0.0455. The second-order valence-corrected chi connectivity index (χ2v) is 8.54. The summed E-state index contributed by atoms with van der Waals surface area (Å²) in [4.78, 5) is 9.11. The van der Waals surface area contributed by atoms with Crippen LogP contribution in [0.25, 0.3) is 0 Å². The first kappa shape index (κ1) is 17.9. The summed E-state index contributed by atoms with van der Waals surface area (Å²) in [5.41, 5.74) is 3.00. The molecule has 1 aromatic heterocycles. The van der Waals surface area contributed by atoms with Crippen LogP contribution in [-0.4, -0.2) is 21.5 Å². The zero-order valence-corrected chi connectivity index (χ0v) is 16.9. The van der Waals surface area contributed by atoms with E-state index in [0.717, 1.165) is 5.01 Å². The maximum atomic E-state index is 9.86. The minimum Gasteiger partial charge on any atom is -0.507 e. The van der Waals surface area contributed by atoms with E-state index in [-0.39, 0.29) is 5.75 Å². The molecule has 5 rings (SSSR count). The molecule has 0 saturated heterocycles. The number of nitrogens with zero attached hydrogens (tertiary/aromatic N) is 4. The number of phenolic OH excluding ortho intramolecular Hbond substituents is 1. The maximum Gasteiger partial charge on any atom is 0.231 e. The third-order valence-electron chi connectivity index (χ3n) is 4.53. The van der Waals surface area contributed by atoms with Crippen molar-refractivity contribution in [2.45, 2.75) is 16.3 Å². The number of rotatable bonds is 4. The summed E-state index contributed by atoms with van der Waals surface area (Å²) < 4.78 is 0. The van der Waals surface area contributed by atoms with Crippen LogP contribution in [0.1, 0.15) is 10.6 Å². The lowest BCUT2D eigenvalue weighted by molar-refractivity contribution is 0.474. The van der Waals surface area contributed by atoms with Crippen molar-refractivity contribution in [1.29, 1.82) is 0 Å². The topological polar surface area (TPSA) is 61.6 Å². The Hall–Kier alpha value is -3.16. The first-order chi connectivity index (χ1) is 14.3. The van der Waals surface area contributed by atoms with Gasteiger partial charge in [0.2, 0.25) is 5.13 Å². The van der Waals surface area contributed by atoms with Crippen LogP contribution in [0.5, 0.6) is 5.75 Å². The Labute approximate surface area is 176 Å². The van der Waals surface area contributed by atoms with E-state index < -0.39 is 0 Å². The zero-order chi connectivity index (χ0) is 19.6. The van der Waals surface area contributed by atoms with Gasteiger partial charge in [0.05, 0.1) is 17.9 Å². The number of fused-ring (bicyclic) bond motifs is 2. The standard InChI is InChI=1S/C22H16N4OS2/c27-18-10-4-1-7-15(18)13-23-22-25-24-21(29-22)14-26-16-8-2-5-11-19(16)28-20-12-6-3-9-17(20)26/h1-13,27H,14H2/b23-13+. The van der Waals surface area contributed by atoms with Gasteiger partial charge in [-0.1, -0.05) is 59.5 Å². The van der Waals surface area contributed by atoms with Crippen molar-refractivity contribution in [2.24, 2.45) is 4.99 Å². The molecule has 0 spiro atoms. The summed E-state index contributed by atoms with van der Waals surface area (Å²) in [5.74, 6) is 0.194. The summed E-state index contributed by atoms with van der Waals surface area (Å²) in [6.45, 7) is 0.623. The molecule has 142 valence electrons. The molecular formula is C22H16N4OS2. The molecule has 1 N–H and O–H groups in total. The van der Waals surface area contributed by atoms with Crippen LogP contribution in [0.3, 0.4) is 0 Å². The van der Waals surface area contributed by atoms with Gasteiger partial charge in [-0.05, 0) is 36.4 Å². The minimum absolute atomic E-state index is 0.194. The molecule has 0 unspecified atom stereocenters. The molecule has 3 aromatic carbocycles. The number of hydrogen-bond acceptors (Lipinski definition) is 7. The van der Waals surface area contributed by atoms with Crippen molar-refractivity contribution in [2.75, 3.05) is 4.90 Å². The average Bonchev–Trinajstić information content (AvgIpc) is 3.20. The molecule has 0 bridgehead atoms. The summed E-state index contributed by atoms with van der Waals surface area (Å²) >= 11 is 3.24. The predicted molar refractivity (Wildman–Crippen MR) is 118 cm³/mol. The Morgan fingerprint density at radius 1 is 0.862 bits per heavy atom. The lowest BCUT2D eigenvalue weighted by Gasteiger charge is -2.31. The lowest BCUT2D eigenvalue weighted by Crippen LogP contribution is -2.20. The van der Waals surface area contributed by atoms with E-state index in [2.05, 4.69) is 68.6 Å². The van der Waals surface area contributed by atoms with Crippen molar-refractivity contribution >= 4 is 45.8 Å². The van der Waals surface area contributed by atoms with E-state index in [0.29, 0.717) is 17.2 Å². The average molecular weight is 417 g/mol. The largest absolute Gasteiger partial charge is 0.507 e. The van der Waals surface area contributed by atoms with Gasteiger partial charge in [0.25, 0.3) is 0 Å². The molecule has 0 saturated carbocycles. The lowest BCUT2D eigenvalue weighted by atomic mass is 10.2. The van der Waals surface area contributed by atoms with E-state index in [4.69, 9.17) is 0 Å². The molecule has 4 aromatic rings. The van der Waals surface area contributed by atoms with Crippen LogP contribution in [0.2, 0.25) is 0 Å². The molecule has 0 fully saturated rings. The van der Waals surface area contributed by atoms with E-state index >= 15 is 0 Å². The van der Waals surface area contributed by atoms with Crippen LogP contribution in [0.15, 0.2) is 87.6 Å².